The van der Waals surface area contributed by atoms with Crippen LogP contribution >= 0.6 is 0 Å². The Kier molecular flexibility index (Phi) is 4.82. The molecule has 8 heteroatoms. The summed E-state index contributed by atoms with van der Waals surface area (Å²) in [6.07, 6.45) is 2.55. The number of nitrogens with zero attached hydrogens (tertiary/aromatic N) is 4. The standard InChI is InChI=1S/C22H25F3N4O/c23-22(24,25)15-9-7-14(8-10-15)16-13-17(16)21(30)28-12-4-5-18(28)20-27-26-19-6-2-1-3-11-29(19)20/h7-10,16-18H,1-6,11-13H2. The van der Waals surface area contributed by atoms with Crippen LogP contribution in [-0.2, 0) is 23.9 Å². The Morgan fingerprint density at radius 2 is 1.80 bits per heavy atom. The van der Waals surface area contributed by atoms with Crippen molar-refractivity contribution in [3.8, 4) is 0 Å². The first kappa shape index (κ1) is 19.6. The summed E-state index contributed by atoms with van der Waals surface area (Å²) in [6, 6.07) is 5.21. The third kappa shape index (κ3) is 3.50. The van der Waals surface area contributed by atoms with Crippen molar-refractivity contribution in [3.63, 3.8) is 0 Å². The van der Waals surface area contributed by atoms with Crippen LogP contribution in [0.5, 0.6) is 0 Å². The van der Waals surface area contributed by atoms with Crippen molar-refractivity contribution in [2.75, 3.05) is 6.54 Å². The molecule has 0 bridgehead atoms. The molecule has 0 radical (unpaired) electrons. The van der Waals surface area contributed by atoms with Gasteiger partial charge in [0.2, 0.25) is 5.91 Å². The Hall–Kier alpha value is -2.38. The molecular weight excluding hydrogens is 393 g/mol. The smallest absolute Gasteiger partial charge is 0.332 e. The summed E-state index contributed by atoms with van der Waals surface area (Å²) >= 11 is 0. The fourth-order valence-corrected chi connectivity index (χ4v) is 5.02. The van der Waals surface area contributed by atoms with Crippen LogP contribution < -0.4 is 0 Å². The van der Waals surface area contributed by atoms with E-state index in [0.717, 1.165) is 68.0 Å². The maximum atomic E-state index is 13.2. The molecule has 2 aliphatic heterocycles. The number of halogens is 3. The number of carbonyl (C=O) groups is 1. The molecule has 160 valence electrons. The molecule has 1 aromatic heterocycles. The molecule has 0 spiro atoms. The predicted molar refractivity (Wildman–Crippen MR) is 104 cm³/mol. The van der Waals surface area contributed by atoms with Gasteiger partial charge < -0.3 is 9.47 Å². The highest BCUT2D eigenvalue weighted by Gasteiger charge is 2.48. The van der Waals surface area contributed by atoms with Gasteiger partial charge in [0.25, 0.3) is 0 Å². The van der Waals surface area contributed by atoms with E-state index < -0.39 is 11.7 Å². The van der Waals surface area contributed by atoms with E-state index in [9.17, 15) is 18.0 Å². The molecule has 1 aromatic carbocycles. The number of amides is 1. The lowest BCUT2D eigenvalue weighted by atomic mass is 10.1. The number of benzene rings is 1. The van der Waals surface area contributed by atoms with Gasteiger partial charge in [-0.25, -0.2) is 0 Å². The van der Waals surface area contributed by atoms with Gasteiger partial charge in [0.05, 0.1) is 11.6 Å². The lowest BCUT2D eigenvalue weighted by Gasteiger charge is -2.25. The van der Waals surface area contributed by atoms with Crippen molar-refractivity contribution >= 4 is 5.91 Å². The molecule has 3 aliphatic rings. The van der Waals surface area contributed by atoms with Crippen molar-refractivity contribution in [2.45, 2.75) is 69.6 Å². The van der Waals surface area contributed by atoms with E-state index in [-0.39, 0.29) is 23.8 Å². The zero-order valence-electron chi connectivity index (χ0n) is 16.7. The summed E-state index contributed by atoms with van der Waals surface area (Å²) in [5, 5.41) is 8.85. The van der Waals surface area contributed by atoms with E-state index in [1.54, 1.807) is 0 Å². The van der Waals surface area contributed by atoms with Crippen LogP contribution in [0.25, 0.3) is 0 Å². The van der Waals surface area contributed by atoms with Crippen molar-refractivity contribution < 1.29 is 18.0 Å². The molecule has 1 amide bonds. The summed E-state index contributed by atoms with van der Waals surface area (Å²) in [5.74, 6) is 1.90. The summed E-state index contributed by atoms with van der Waals surface area (Å²) in [7, 11) is 0. The average molecular weight is 418 g/mol. The maximum Gasteiger partial charge on any atom is 0.416 e. The lowest BCUT2D eigenvalue weighted by molar-refractivity contribution is -0.137. The second kappa shape index (κ2) is 7.39. The van der Waals surface area contributed by atoms with Gasteiger partial charge in [-0.2, -0.15) is 13.2 Å². The number of likely N-dealkylation sites (tertiary alicyclic amines) is 1. The molecule has 5 nitrogen and oxygen atoms in total. The van der Waals surface area contributed by atoms with E-state index in [4.69, 9.17) is 0 Å². The highest BCUT2D eigenvalue weighted by Crippen LogP contribution is 2.50. The zero-order valence-corrected chi connectivity index (χ0v) is 16.7. The molecule has 30 heavy (non-hydrogen) atoms. The molecule has 2 fully saturated rings. The molecule has 3 atom stereocenters. The number of rotatable bonds is 3. The maximum absolute atomic E-state index is 13.2. The van der Waals surface area contributed by atoms with Crippen LogP contribution in [-0.4, -0.2) is 32.1 Å². The van der Waals surface area contributed by atoms with Crippen molar-refractivity contribution in [3.05, 3.63) is 47.0 Å². The van der Waals surface area contributed by atoms with Crippen LogP contribution in [0, 0.1) is 5.92 Å². The molecular formula is C22H25F3N4O. The van der Waals surface area contributed by atoms with Crippen molar-refractivity contribution in [1.82, 2.24) is 19.7 Å². The molecule has 5 rings (SSSR count). The van der Waals surface area contributed by atoms with Gasteiger partial charge in [-0.05, 0) is 55.7 Å². The number of aromatic nitrogens is 3. The van der Waals surface area contributed by atoms with Crippen molar-refractivity contribution in [2.24, 2.45) is 5.92 Å². The molecule has 1 saturated heterocycles. The van der Waals surface area contributed by atoms with Gasteiger partial charge in [-0.15, -0.1) is 10.2 Å². The summed E-state index contributed by atoms with van der Waals surface area (Å²) in [5.41, 5.74) is 0.162. The minimum atomic E-state index is -4.34. The van der Waals surface area contributed by atoms with Crippen LogP contribution in [0.3, 0.4) is 0 Å². The van der Waals surface area contributed by atoms with Gasteiger partial charge in [0.15, 0.2) is 5.82 Å². The first-order valence-electron chi connectivity index (χ1n) is 10.8. The number of aryl methyl sites for hydroxylation is 1. The van der Waals surface area contributed by atoms with E-state index in [0.29, 0.717) is 13.0 Å². The SMILES string of the molecule is O=C(C1CC1c1ccc(C(F)(F)F)cc1)N1CCCC1c1nnc2n1CCCCC2. The molecule has 2 aromatic rings. The lowest BCUT2D eigenvalue weighted by Crippen LogP contribution is -2.33. The highest BCUT2D eigenvalue weighted by atomic mass is 19.4. The summed E-state index contributed by atoms with van der Waals surface area (Å²) < 4.78 is 40.6. The van der Waals surface area contributed by atoms with E-state index >= 15 is 0 Å². The van der Waals surface area contributed by atoms with Gasteiger partial charge in [-0.3, -0.25) is 4.79 Å². The number of hydrogen-bond acceptors (Lipinski definition) is 3. The number of hydrogen-bond donors (Lipinski definition) is 0. The Morgan fingerprint density at radius 1 is 1.00 bits per heavy atom. The predicted octanol–water partition coefficient (Wildman–Crippen LogP) is 4.49. The van der Waals surface area contributed by atoms with Crippen molar-refractivity contribution in [1.29, 1.82) is 0 Å². The first-order valence-corrected chi connectivity index (χ1v) is 10.8. The van der Waals surface area contributed by atoms with Gasteiger partial charge >= 0.3 is 6.18 Å². The molecule has 1 saturated carbocycles. The Morgan fingerprint density at radius 3 is 2.57 bits per heavy atom. The molecule has 3 heterocycles. The minimum absolute atomic E-state index is 0.0107. The number of fused-ring (bicyclic) bond motifs is 1. The van der Waals surface area contributed by atoms with E-state index in [1.807, 2.05) is 4.90 Å². The normalized spacial score (nSPS) is 26.4. The van der Waals surface area contributed by atoms with Crippen LogP contribution in [0.4, 0.5) is 13.2 Å². The second-order valence-electron chi connectivity index (χ2n) is 8.69. The molecule has 0 N–H and O–H groups in total. The zero-order chi connectivity index (χ0) is 20.9. The van der Waals surface area contributed by atoms with Gasteiger partial charge in [0.1, 0.15) is 5.82 Å². The fraction of sp³-hybridized carbons (Fsp3) is 0.591. The summed E-state index contributed by atoms with van der Waals surface area (Å²) in [6.45, 7) is 1.62. The second-order valence-corrected chi connectivity index (χ2v) is 8.69. The Balaban J connectivity index is 1.30. The van der Waals surface area contributed by atoms with E-state index in [1.165, 1.54) is 18.6 Å². The first-order chi connectivity index (χ1) is 14.4. The Labute approximate surface area is 173 Å². The van der Waals surface area contributed by atoms with Gasteiger partial charge in [0, 0.05) is 25.4 Å². The largest absolute Gasteiger partial charge is 0.416 e. The monoisotopic (exact) mass is 418 g/mol. The minimum Gasteiger partial charge on any atom is -0.332 e. The summed E-state index contributed by atoms with van der Waals surface area (Å²) in [4.78, 5) is 15.2. The highest BCUT2D eigenvalue weighted by molar-refractivity contribution is 5.83. The topological polar surface area (TPSA) is 51.0 Å². The van der Waals surface area contributed by atoms with Crippen LogP contribution in [0.2, 0.25) is 0 Å². The average Bonchev–Trinajstić information content (AvgIpc) is 3.31. The van der Waals surface area contributed by atoms with Gasteiger partial charge in [-0.1, -0.05) is 18.6 Å². The molecule has 3 unspecified atom stereocenters. The van der Waals surface area contributed by atoms with Crippen LogP contribution in [0.1, 0.15) is 73.3 Å². The molecule has 1 aliphatic carbocycles. The third-order valence-electron chi connectivity index (χ3n) is 6.75. The quantitative estimate of drug-likeness (QED) is 0.738. The van der Waals surface area contributed by atoms with Crippen LogP contribution in [0.15, 0.2) is 24.3 Å². The Bertz CT molecular complexity index is 937. The van der Waals surface area contributed by atoms with E-state index in [2.05, 4.69) is 14.8 Å². The number of carbonyl (C=O) groups excluding carboxylic acids is 1. The third-order valence-corrected chi connectivity index (χ3v) is 6.75. The fourth-order valence-electron chi connectivity index (χ4n) is 5.02. The number of alkyl halides is 3.